The molecule has 1 unspecified atom stereocenters. The standard InChI is InChI=1S/C33H38ClN3O5S/c1-4-5-6-7-20-42-27-15-13-25(14-16-27)35-32(39)30-22-31(38)37(33(43-30)36-26-11-9-24(34)10-12-26)19-18-23-8-17-28(40-2)29(21-23)41-3/h8-17,21,30H,4-7,18-20,22H2,1-3H3,(H,35,39). The molecule has 1 atom stereocenters. The third kappa shape index (κ3) is 9.40. The summed E-state index contributed by atoms with van der Waals surface area (Å²) >= 11 is 7.35. The van der Waals surface area contributed by atoms with E-state index in [1.54, 1.807) is 43.4 Å². The summed E-state index contributed by atoms with van der Waals surface area (Å²) < 4.78 is 16.6. The first kappa shape index (κ1) is 32.2. The van der Waals surface area contributed by atoms with Crippen LogP contribution in [0.5, 0.6) is 17.2 Å². The zero-order valence-corrected chi connectivity index (χ0v) is 26.4. The predicted molar refractivity (Wildman–Crippen MR) is 174 cm³/mol. The highest BCUT2D eigenvalue weighted by Crippen LogP contribution is 2.32. The number of hydrogen-bond donors (Lipinski definition) is 1. The lowest BCUT2D eigenvalue weighted by Crippen LogP contribution is -2.46. The number of ether oxygens (including phenoxy) is 3. The lowest BCUT2D eigenvalue weighted by molar-refractivity contribution is -0.129. The molecule has 43 heavy (non-hydrogen) atoms. The van der Waals surface area contributed by atoms with Gasteiger partial charge in [-0.1, -0.05) is 55.6 Å². The van der Waals surface area contributed by atoms with Gasteiger partial charge in [0.2, 0.25) is 11.8 Å². The number of amidine groups is 1. The number of benzene rings is 3. The molecule has 2 amide bonds. The molecule has 4 rings (SSSR count). The molecule has 0 saturated carbocycles. The second-order valence-electron chi connectivity index (χ2n) is 10.1. The van der Waals surface area contributed by atoms with Gasteiger partial charge in [0.1, 0.15) is 11.0 Å². The third-order valence-electron chi connectivity index (χ3n) is 6.94. The maximum atomic E-state index is 13.4. The fraction of sp³-hybridized carbons (Fsp3) is 0.364. The Labute approximate surface area is 262 Å². The molecule has 3 aromatic carbocycles. The quantitative estimate of drug-likeness (QED) is 0.187. The highest BCUT2D eigenvalue weighted by molar-refractivity contribution is 8.15. The molecule has 1 aliphatic heterocycles. The lowest BCUT2D eigenvalue weighted by Gasteiger charge is -2.32. The second-order valence-corrected chi connectivity index (χ2v) is 11.7. The van der Waals surface area contributed by atoms with Gasteiger partial charge in [-0.05, 0) is 79.1 Å². The van der Waals surface area contributed by atoms with E-state index in [0.717, 1.165) is 24.2 Å². The Bertz CT molecular complexity index is 1400. The van der Waals surface area contributed by atoms with Gasteiger partial charge in [-0.3, -0.25) is 14.5 Å². The van der Waals surface area contributed by atoms with E-state index in [4.69, 9.17) is 30.8 Å². The number of thioether (sulfide) groups is 1. The van der Waals surface area contributed by atoms with Crippen LogP contribution >= 0.6 is 23.4 Å². The molecule has 0 radical (unpaired) electrons. The molecular formula is C33H38ClN3O5S. The van der Waals surface area contributed by atoms with E-state index in [9.17, 15) is 9.59 Å². The van der Waals surface area contributed by atoms with E-state index >= 15 is 0 Å². The highest BCUT2D eigenvalue weighted by atomic mass is 35.5. The number of methoxy groups -OCH3 is 2. The monoisotopic (exact) mass is 623 g/mol. The number of carbonyl (C=O) groups is 2. The molecule has 0 aromatic heterocycles. The first-order valence-electron chi connectivity index (χ1n) is 14.5. The van der Waals surface area contributed by atoms with E-state index in [0.29, 0.717) is 52.6 Å². The van der Waals surface area contributed by atoms with Crippen LogP contribution in [0.2, 0.25) is 5.02 Å². The van der Waals surface area contributed by atoms with Gasteiger partial charge >= 0.3 is 0 Å². The van der Waals surface area contributed by atoms with Crippen molar-refractivity contribution >= 4 is 51.7 Å². The SMILES string of the molecule is CCCCCCOc1ccc(NC(=O)C2CC(=O)N(CCc3ccc(OC)c(OC)c3)C(=Nc3ccc(Cl)cc3)S2)cc1. The zero-order valence-electron chi connectivity index (χ0n) is 24.8. The van der Waals surface area contributed by atoms with E-state index in [1.165, 1.54) is 24.6 Å². The molecule has 0 spiro atoms. The van der Waals surface area contributed by atoms with Gasteiger partial charge in [-0.2, -0.15) is 0 Å². The Balaban J connectivity index is 1.44. The second kappa shape index (κ2) is 16.2. The highest BCUT2D eigenvalue weighted by Gasteiger charge is 2.36. The van der Waals surface area contributed by atoms with Crippen LogP contribution in [0.3, 0.4) is 0 Å². The topological polar surface area (TPSA) is 89.5 Å². The van der Waals surface area contributed by atoms with Gasteiger partial charge in [0, 0.05) is 23.7 Å². The van der Waals surface area contributed by atoms with E-state index < -0.39 is 5.25 Å². The summed E-state index contributed by atoms with van der Waals surface area (Å²) in [5.74, 6) is 1.60. The number of aliphatic imine (C=N–C) groups is 1. The molecule has 0 aliphatic carbocycles. The van der Waals surface area contributed by atoms with Crippen LogP contribution in [0.25, 0.3) is 0 Å². The fourth-order valence-electron chi connectivity index (χ4n) is 4.54. The Morgan fingerprint density at radius 3 is 2.44 bits per heavy atom. The number of nitrogens with zero attached hydrogens (tertiary/aromatic N) is 2. The van der Waals surface area contributed by atoms with Crippen molar-refractivity contribution < 1.29 is 23.8 Å². The number of hydrogen-bond acceptors (Lipinski definition) is 7. The molecule has 1 N–H and O–H groups in total. The van der Waals surface area contributed by atoms with E-state index in [1.807, 2.05) is 42.5 Å². The van der Waals surface area contributed by atoms with Gasteiger partial charge in [0.25, 0.3) is 0 Å². The third-order valence-corrected chi connectivity index (χ3v) is 8.38. The lowest BCUT2D eigenvalue weighted by atomic mass is 10.1. The smallest absolute Gasteiger partial charge is 0.238 e. The van der Waals surface area contributed by atoms with Crippen molar-refractivity contribution in [3.05, 3.63) is 77.3 Å². The van der Waals surface area contributed by atoms with Crippen molar-refractivity contribution in [1.82, 2.24) is 4.90 Å². The molecule has 1 aliphatic rings. The molecule has 8 nitrogen and oxygen atoms in total. The van der Waals surface area contributed by atoms with Crippen molar-refractivity contribution in [2.45, 2.75) is 50.7 Å². The van der Waals surface area contributed by atoms with Crippen molar-refractivity contribution in [2.75, 3.05) is 32.7 Å². The minimum absolute atomic E-state index is 0.0566. The Hall–Kier alpha value is -3.69. The normalized spacial score (nSPS) is 15.8. The number of amides is 2. The summed E-state index contributed by atoms with van der Waals surface area (Å²) in [6, 6.07) is 20.0. The molecule has 0 bridgehead atoms. The molecule has 1 saturated heterocycles. The molecular weight excluding hydrogens is 586 g/mol. The van der Waals surface area contributed by atoms with E-state index in [2.05, 4.69) is 12.2 Å². The van der Waals surface area contributed by atoms with Crippen LogP contribution in [0.1, 0.15) is 44.6 Å². The minimum atomic E-state index is -0.634. The van der Waals surface area contributed by atoms with Gasteiger partial charge < -0.3 is 19.5 Å². The number of rotatable bonds is 14. The van der Waals surface area contributed by atoms with Crippen molar-refractivity contribution in [3.63, 3.8) is 0 Å². The maximum absolute atomic E-state index is 13.4. The van der Waals surface area contributed by atoms with E-state index in [-0.39, 0.29) is 18.2 Å². The summed E-state index contributed by atoms with van der Waals surface area (Å²) in [6.45, 7) is 3.24. The zero-order chi connectivity index (χ0) is 30.6. The van der Waals surface area contributed by atoms with Gasteiger partial charge in [-0.15, -0.1) is 0 Å². The number of halogens is 1. The van der Waals surface area contributed by atoms with Crippen LogP contribution in [-0.2, 0) is 16.0 Å². The summed E-state index contributed by atoms with van der Waals surface area (Å²) in [4.78, 5) is 33.1. The summed E-state index contributed by atoms with van der Waals surface area (Å²) in [5, 5.41) is 3.37. The van der Waals surface area contributed by atoms with Crippen LogP contribution in [-0.4, -0.2) is 54.5 Å². The first-order chi connectivity index (χ1) is 20.9. The molecule has 3 aromatic rings. The molecule has 228 valence electrons. The van der Waals surface area contributed by atoms with Crippen LogP contribution in [0, 0.1) is 0 Å². The minimum Gasteiger partial charge on any atom is -0.494 e. The van der Waals surface area contributed by atoms with Crippen molar-refractivity contribution in [1.29, 1.82) is 0 Å². The number of unbranched alkanes of at least 4 members (excludes halogenated alkanes) is 3. The van der Waals surface area contributed by atoms with Crippen LogP contribution in [0.4, 0.5) is 11.4 Å². The van der Waals surface area contributed by atoms with Gasteiger partial charge in [0.05, 0.1) is 26.5 Å². The molecule has 1 fully saturated rings. The van der Waals surface area contributed by atoms with Crippen molar-refractivity contribution in [2.24, 2.45) is 4.99 Å². The Morgan fingerprint density at radius 2 is 1.74 bits per heavy atom. The number of nitrogens with one attached hydrogen (secondary N) is 1. The fourth-order valence-corrected chi connectivity index (χ4v) is 5.79. The number of anilines is 1. The van der Waals surface area contributed by atoms with Gasteiger partial charge in [-0.25, -0.2) is 4.99 Å². The van der Waals surface area contributed by atoms with Crippen molar-refractivity contribution in [3.8, 4) is 17.2 Å². The summed E-state index contributed by atoms with van der Waals surface area (Å²) in [5.41, 5.74) is 2.26. The largest absolute Gasteiger partial charge is 0.494 e. The number of carbonyl (C=O) groups excluding carboxylic acids is 2. The van der Waals surface area contributed by atoms with Crippen LogP contribution < -0.4 is 19.5 Å². The van der Waals surface area contributed by atoms with Gasteiger partial charge in [0.15, 0.2) is 16.7 Å². The maximum Gasteiger partial charge on any atom is 0.238 e. The molecule has 1 heterocycles. The Kier molecular flexibility index (Phi) is 12.2. The first-order valence-corrected chi connectivity index (χ1v) is 15.7. The predicted octanol–water partition coefficient (Wildman–Crippen LogP) is 7.52. The average molecular weight is 624 g/mol. The average Bonchev–Trinajstić information content (AvgIpc) is 3.02. The van der Waals surface area contributed by atoms with Crippen LogP contribution in [0.15, 0.2) is 71.7 Å². The summed E-state index contributed by atoms with van der Waals surface area (Å²) in [7, 11) is 3.18. The Morgan fingerprint density at radius 1 is 1.00 bits per heavy atom. The molecule has 10 heteroatoms. The summed E-state index contributed by atoms with van der Waals surface area (Å²) in [6.07, 6.45) is 5.18.